The van der Waals surface area contributed by atoms with Crippen molar-refractivity contribution in [2.75, 3.05) is 0 Å². The minimum atomic E-state index is -0.529. The molecule has 0 bridgehead atoms. The van der Waals surface area contributed by atoms with Gasteiger partial charge in [0.25, 0.3) is 16.9 Å². The van der Waals surface area contributed by atoms with E-state index in [2.05, 4.69) is 6.07 Å². The van der Waals surface area contributed by atoms with Crippen LogP contribution in [0.2, 0.25) is 0 Å². The molecule has 3 aromatic carbocycles. The highest BCUT2D eigenvalue weighted by Gasteiger charge is 2.33. The molecule has 0 unspecified atom stereocenters. The third-order valence-corrected chi connectivity index (χ3v) is 7.65. The smallest absolute Gasteiger partial charge is 0.271 e. The molecule has 10 heteroatoms. The average Bonchev–Trinajstić information content (AvgIpc) is 3.22. The zero-order valence-corrected chi connectivity index (χ0v) is 20.1. The Morgan fingerprint density at radius 3 is 2.43 bits per heavy atom. The Morgan fingerprint density at radius 2 is 1.68 bits per heavy atom. The van der Waals surface area contributed by atoms with E-state index in [1.54, 1.807) is 28.8 Å². The number of nitro benzene ring substituents is 2. The zero-order valence-electron chi connectivity index (χ0n) is 19.2. The van der Waals surface area contributed by atoms with E-state index in [4.69, 9.17) is 4.99 Å². The topological polar surface area (TPSA) is 121 Å². The molecular formula is C27H18N4O5S. The van der Waals surface area contributed by atoms with Gasteiger partial charge in [-0.15, -0.1) is 0 Å². The van der Waals surface area contributed by atoms with Crippen LogP contribution in [0.1, 0.15) is 34.7 Å². The first-order valence-corrected chi connectivity index (χ1v) is 12.3. The van der Waals surface area contributed by atoms with Crippen LogP contribution >= 0.6 is 11.3 Å². The van der Waals surface area contributed by atoms with Crippen molar-refractivity contribution in [2.45, 2.75) is 18.9 Å². The van der Waals surface area contributed by atoms with Gasteiger partial charge in [-0.25, -0.2) is 4.99 Å². The van der Waals surface area contributed by atoms with Crippen LogP contribution in [-0.4, -0.2) is 14.4 Å². The fourth-order valence-corrected chi connectivity index (χ4v) is 5.98. The number of hydrogen-bond acceptors (Lipinski definition) is 7. The summed E-state index contributed by atoms with van der Waals surface area (Å²) in [5.41, 5.74) is 4.91. The number of non-ortho nitro benzene ring substituents is 2. The van der Waals surface area contributed by atoms with Crippen molar-refractivity contribution in [1.29, 1.82) is 0 Å². The lowest BCUT2D eigenvalue weighted by atomic mass is 9.83. The van der Waals surface area contributed by atoms with Crippen molar-refractivity contribution in [3.8, 4) is 0 Å². The van der Waals surface area contributed by atoms with Crippen LogP contribution < -0.4 is 14.9 Å². The molecule has 1 atom stereocenters. The van der Waals surface area contributed by atoms with E-state index in [-0.39, 0.29) is 16.9 Å². The number of nitro groups is 2. The summed E-state index contributed by atoms with van der Waals surface area (Å²) < 4.78 is 2.05. The molecule has 0 amide bonds. The molecule has 182 valence electrons. The Labute approximate surface area is 213 Å². The summed E-state index contributed by atoms with van der Waals surface area (Å²) in [7, 11) is 0. The summed E-state index contributed by atoms with van der Waals surface area (Å²) in [6.07, 6.45) is 3.15. The predicted octanol–water partition coefficient (Wildman–Crippen LogP) is 4.14. The van der Waals surface area contributed by atoms with E-state index in [0.717, 1.165) is 23.3 Å². The van der Waals surface area contributed by atoms with E-state index in [1.807, 2.05) is 24.3 Å². The first-order chi connectivity index (χ1) is 17.9. The molecule has 1 aliphatic carbocycles. The predicted molar refractivity (Wildman–Crippen MR) is 139 cm³/mol. The van der Waals surface area contributed by atoms with Gasteiger partial charge in [-0.1, -0.05) is 47.7 Å². The fourth-order valence-electron chi connectivity index (χ4n) is 4.97. The molecular weight excluding hydrogens is 492 g/mol. The van der Waals surface area contributed by atoms with Gasteiger partial charge in [0.2, 0.25) is 0 Å². The van der Waals surface area contributed by atoms with Crippen LogP contribution in [0.3, 0.4) is 0 Å². The molecule has 2 aliphatic rings. The molecule has 0 spiro atoms. The molecule has 0 radical (unpaired) electrons. The molecule has 4 aromatic rings. The number of aryl methyl sites for hydroxylation is 1. The molecule has 1 aliphatic heterocycles. The number of allylic oxidation sites excluding steroid dienone is 1. The molecule has 6 rings (SSSR count). The highest BCUT2D eigenvalue weighted by molar-refractivity contribution is 7.07. The van der Waals surface area contributed by atoms with Crippen LogP contribution in [-0.2, 0) is 6.42 Å². The second kappa shape index (κ2) is 8.75. The third-order valence-electron chi connectivity index (χ3n) is 6.67. The van der Waals surface area contributed by atoms with Crippen molar-refractivity contribution >= 4 is 34.5 Å². The lowest BCUT2D eigenvalue weighted by molar-refractivity contribution is -0.385. The number of aromatic nitrogens is 1. The lowest BCUT2D eigenvalue weighted by Crippen LogP contribution is -2.38. The van der Waals surface area contributed by atoms with E-state index in [0.29, 0.717) is 26.9 Å². The number of nitrogens with zero attached hydrogens (tertiary/aromatic N) is 4. The van der Waals surface area contributed by atoms with E-state index >= 15 is 0 Å². The van der Waals surface area contributed by atoms with Gasteiger partial charge in [0.1, 0.15) is 0 Å². The van der Waals surface area contributed by atoms with Gasteiger partial charge in [0, 0.05) is 29.8 Å². The van der Waals surface area contributed by atoms with E-state index in [1.165, 1.54) is 41.2 Å². The maximum absolute atomic E-state index is 13.7. The quantitative estimate of drug-likeness (QED) is 0.302. The minimum absolute atomic E-state index is 0.0318. The standard InChI is InChI=1S/C27H18N4O5S/c32-26-23(14-16-8-11-19(12-9-16)30(33)34)37-27-28-24-21-7-2-1-4-17(21)10-13-22(24)25(29(26)27)18-5-3-6-20(15-18)31(35)36/h1-9,11-12,14-15,25H,10,13H2/b23-14+/t25-/m0/s1. The summed E-state index contributed by atoms with van der Waals surface area (Å²) in [4.78, 5) is 40.8. The number of hydrogen-bond donors (Lipinski definition) is 0. The summed E-state index contributed by atoms with van der Waals surface area (Å²) in [5, 5.41) is 22.5. The SMILES string of the molecule is O=c1/c(=C\c2ccc([N+](=O)[O-])cc2)sc2n1[C@@H](c1cccc([N+](=O)[O-])c1)C1=C(N=2)c2ccccc2CC1. The highest BCUT2D eigenvalue weighted by atomic mass is 32.1. The maximum Gasteiger partial charge on any atom is 0.271 e. The Morgan fingerprint density at radius 1 is 0.919 bits per heavy atom. The molecule has 37 heavy (non-hydrogen) atoms. The van der Waals surface area contributed by atoms with Gasteiger partial charge in [-0.3, -0.25) is 29.6 Å². The third kappa shape index (κ3) is 3.87. The second-order valence-electron chi connectivity index (χ2n) is 8.81. The normalized spacial score (nSPS) is 16.4. The molecule has 9 nitrogen and oxygen atoms in total. The molecule has 0 saturated heterocycles. The van der Waals surface area contributed by atoms with E-state index in [9.17, 15) is 25.0 Å². The number of rotatable bonds is 4. The average molecular weight is 511 g/mol. The van der Waals surface area contributed by atoms with Crippen molar-refractivity contribution in [1.82, 2.24) is 4.57 Å². The van der Waals surface area contributed by atoms with Gasteiger partial charge in [0.05, 0.1) is 26.1 Å². The fraction of sp³-hybridized carbons (Fsp3) is 0.111. The van der Waals surface area contributed by atoms with Gasteiger partial charge >= 0.3 is 0 Å². The number of benzene rings is 3. The second-order valence-corrected chi connectivity index (χ2v) is 9.82. The van der Waals surface area contributed by atoms with E-state index < -0.39 is 15.9 Å². The lowest BCUT2D eigenvalue weighted by Gasteiger charge is -2.30. The molecule has 0 fully saturated rings. The largest absolute Gasteiger partial charge is 0.272 e. The van der Waals surface area contributed by atoms with Gasteiger partial charge in [-0.2, -0.15) is 0 Å². The maximum atomic E-state index is 13.7. The monoisotopic (exact) mass is 510 g/mol. The van der Waals surface area contributed by atoms with Gasteiger partial charge < -0.3 is 0 Å². The van der Waals surface area contributed by atoms with Gasteiger partial charge in [-0.05, 0) is 53.3 Å². The van der Waals surface area contributed by atoms with Crippen LogP contribution in [0.4, 0.5) is 11.4 Å². The van der Waals surface area contributed by atoms with Crippen molar-refractivity contribution in [2.24, 2.45) is 4.99 Å². The molecule has 2 heterocycles. The Bertz CT molecular complexity index is 1820. The summed E-state index contributed by atoms with van der Waals surface area (Å²) in [5.74, 6) is 0. The summed E-state index contributed by atoms with van der Waals surface area (Å²) in [6.45, 7) is 0. The van der Waals surface area contributed by atoms with Crippen molar-refractivity contribution < 1.29 is 9.85 Å². The van der Waals surface area contributed by atoms with Crippen molar-refractivity contribution in [3.05, 3.63) is 141 Å². The number of thiazole rings is 1. The van der Waals surface area contributed by atoms with Crippen molar-refractivity contribution in [3.63, 3.8) is 0 Å². The first kappa shape index (κ1) is 22.7. The van der Waals surface area contributed by atoms with Crippen LogP contribution in [0.25, 0.3) is 11.8 Å². The minimum Gasteiger partial charge on any atom is -0.272 e. The van der Waals surface area contributed by atoms with Crippen LogP contribution in [0.15, 0.2) is 88.2 Å². The van der Waals surface area contributed by atoms with Crippen LogP contribution in [0, 0.1) is 20.2 Å². The summed E-state index contributed by atoms with van der Waals surface area (Å²) in [6, 6.07) is 19.9. The molecule has 0 N–H and O–H groups in total. The Kier molecular flexibility index (Phi) is 5.38. The highest BCUT2D eigenvalue weighted by Crippen LogP contribution is 2.41. The Balaban J connectivity index is 1.59. The zero-order chi connectivity index (χ0) is 25.7. The molecule has 0 saturated carbocycles. The summed E-state index contributed by atoms with van der Waals surface area (Å²) >= 11 is 1.23. The Hall–Kier alpha value is -4.70. The first-order valence-electron chi connectivity index (χ1n) is 11.5. The number of fused-ring (bicyclic) bond motifs is 3. The molecule has 1 aromatic heterocycles. The van der Waals surface area contributed by atoms with Crippen LogP contribution in [0.5, 0.6) is 0 Å². The van der Waals surface area contributed by atoms with Gasteiger partial charge in [0.15, 0.2) is 4.80 Å².